The summed E-state index contributed by atoms with van der Waals surface area (Å²) in [5, 5.41) is 6.95. The van der Waals surface area contributed by atoms with E-state index in [1.165, 1.54) is 0 Å². The Morgan fingerprint density at radius 2 is 2.00 bits per heavy atom. The maximum absolute atomic E-state index is 5.73. The van der Waals surface area contributed by atoms with Gasteiger partial charge in [-0.3, -0.25) is 4.99 Å². The maximum Gasteiger partial charge on any atom is 0.191 e. The molecule has 0 amide bonds. The van der Waals surface area contributed by atoms with Gasteiger partial charge in [-0.25, -0.2) is 4.98 Å². The fourth-order valence-corrected chi connectivity index (χ4v) is 3.30. The zero-order chi connectivity index (χ0) is 19.6. The zero-order valence-electron chi connectivity index (χ0n) is 16.9. The molecule has 2 N–H and O–H groups in total. The average Bonchev–Trinajstić information content (AvgIpc) is 2.76. The Hall–Kier alpha value is -2.29. The number of aliphatic imine (C=N–C) groups is 1. The van der Waals surface area contributed by atoms with Gasteiger partial charge in [0.25, 0.3) is 0 Å². The monoisotopic (exact) mass is 507 g/mol. The van der Waals surface area contributed by atoms with E-state index in [0.717, 1.165) is 49.0 Å². The average molecular weight is 507 g/mol. The van der Waals surface area contributed by atoms with Gasteiger partial charge in [0.15, 0.2) is 5.96 Å². The molecule has 1 aromatic carbocycles. The molecular weight excluding hydrogens is 477 g/mol. The van der Waals surface area contributed by atoms with Crippen molar-refractivity contribution in [1.29, 1.82) is 0 Å². The van der Waals surface area contributed by atoms with E-state index in [1.807, 2.05) is 36.5 Å². The van der Waals surface area contributed by atoms with Crippen LogP contribution in [0, 0.1) is 0 Å². The summed E-state index contributed by atoms with van der Waals surface area (Å²) in [4.78, 5) is 11.2. The molecular formula is C22H30IN5O. The molecule has 1 saturated heterocycles. The number of guanidine groups is 1. The molecule has 0 saturated carbocycles. The van der Waals surface area contributed by atoms with Gasteiger partial charge in [0.05, 0.1) is 0 Å². The highest BCUT2D eigenvalue weighted by molar-refractivity contribution is 14.0. The standard InChI is InChI=1S/C22H29N5O.HI/c1-3-16-28-20-9-5-4-8-18(20)17-25-22(23-2)26-19-11-14-27(15-12-19)21-10-6-7-13-24-21;/h3-10,13,19H,1,11-12,14-17H2,2H3,(H2,23,25,26);1H. The second-order valence-electron chi connectivity index (χ2n) is 6.73. The summed E-state index contributed by atoms with van der Waals surface area (Å²) >= 11 is 0. The second-order valence-corrected chi connectivity index (χ2v) is 6.73. The Bertz CT molecular complexity index is 776. The summed E-state index contributed by atoms with van der Waals surface area (Å²) in [5.74, 6) is 2.74. The Balaban J connectivity index is 0.00000300. The lowest BCUT2D eigenvalue weighted by Gasteiger charge is -2.33. The van der Waals surface area contributed by atoms with Gasteiger partial charge in [0, 0.05) is 44.5 Å². The number of hydrogen-bond acceptors (Lipinski definition) is 4. The molecule has 6 nitrogen and oxygen atoms in total. The number of piperidine rings is 1. The number of pyridine rings is 1. The van der Waals surface area contributed by atoms with Crippen LogP contribution in [-0.4, -0.2) is 43.7 Å². The van der Waals surface area contributed by atoms with E-state index in [2.05, 4.69) is 44.2 Å². The van der Waals surface area contributed by atoms with Crippen LogP contribution in [0.3, 0.4) is 0 Å². The molecule has 1 aliphatic heterocycles. The van der Waals surface area contributed by atoms with Crippen molar-refractivity contribution in [2.45, 2.75) is 25.4 Å². The molecule has 0 spiro atoms. The van der Waals surface area contributed by atoms with E-state index < -0.39 is 0 Å². The van der Waals surface area contributed by atoms with Crippen molar-refractivity contribution in [3.63, 3.8) is 0 Å². The number of para-hydroxylation sites is 1. The van der Waals surface area contributed by atoms with Crippen LogP contribution in [0.25, 0.3) is 0 Å². The Labute approximate surface area is 190 Å². The fraction of sp³-hybridized carbons (Fsp3) is 0.364. The smallest absolute Gasteiger partial charge is 0.191 e. The van der Waals surface area contributed by atoms with Crippen LogP contribution in [0.4, 0.5) is 5.82 Å². The molecule has 1 aliphatic rings. The van der Waals surface area contributed by atoms with Gasteiger partial charge < -0.3 is 20.3 Å². The molecule has 3 rings (SSSR count). The highest BCUT2D eigenvalue weighted by Crippen LogP contribution is 2.18. The molecule has 1 fully saturated rings. The molecule has 0 radical (unpaired) electrons. The lowest BCUT2D eigenvalue weighted by atomic mass is 10.1. The molecule has 0 atom stereocenters. The Morgan fingerprint density at radius 1 is 1.24 bits per heavy atom. The third-order valence-electron chi connectivity index (χ3n) is 4.81. The number of nitrogens with zero attached hydrogens (tertiary/aromatic N) is 3. The number of aromatic nitrogens is 1. The van der Waals surface area contributed by atoms with Gasteiger partial charge in [0.2, 0.25) is 0 Å². The Morgan fingerprint density at radius 3 is 2.69 bits per heavy atom. The predicted octanol–water partition coefficient (Wildman–Crippen LogP) is 3.60. The van der Waals surface area contributed by atoms with Crippen molar-refractivity contribution < 1.29 is 4.74 Å². The largest absolute Gasteiger partial charge is 0.489 e. The topological polar surface area (TPSA) is 61.8 Å². The number of ether oxygens (including phenoxy) is 1. The van der Waals surface area contributed by atoms with Crippen LogP contribution in [0.1, 0.15) is 18.4 Å². The van der Waals surface area contributed by atoms with E-state index in [1.54, 1.807) is 13.1 Å². The van der Waals surface area contributed by atoms with Gasteiger partial charge in [-0.05, 0) is 31.0 Å². The quantitative estimate of drug-likeness (QED) is 0.260. The third-order valence-corrected chi connectivity index (χ3v) is 4.81. The highest BCUT2D eigenvalue weighted by atomic mass is 127. The molecule has 0 bridgehead atoms. The van der Waals surface area contributed by atoms with Gasteiger partial charge in [0.1, 0.15) is 18.2 Å². The van der Waals surface area contributed by atoms with E-state index in [-0.39, 0.29) is 24.0 Å². The minimum Gasteiger partial charge on any atom is -0.489 e. The van der Waals surface area contributed by atoms with Crippen LogP contribution in [0.2, 0.25) is 0 Å². The first-order chi connectivity index (χ1) is 13.8. The molecule has 1 aromatic heterocycles. The molecule has 7 heteroatoms. The lowest BCUT2D eigenvalue weighted by molar-refractivity contribution is 0.358. The molecule has 0 aliphatic carbocycles. The van der Waals surface area contributed by atoms with E-state index in [4.69, 9.17) is 4.74 Å². The minimum absolute atomic E-state index is 0. The summed E-state index contributed by atoms with van der Waals surface area (Å²) in [5.41, 5.74) is 1.09. The fourth-order valence-electron chi connectivity index (χ4n) is 3.30. The summed E-state index contributed by atoms with van der Waals surface area (Å²) in [6.07, 6.45) is 5.71. The van der Waals surface area contributed by atoms with Crippen LogP contribution in [0.15, 0.2) is 66.3 Å². The molecule has 156 valence electrons. The zero-order valence-corrected chi connectivity index (χ0v) is 19.2. The summed E-state index contributed by atoms with van der Waals surface area (Å²) in [6, 6.07) is 14.5. The van der Waals surface area contributed by atoms with Gasteiger partial charge in [-0.15, -0.1) is 24.0 Å². The number of halogens is 1. The van der Waals surface area contributed by atoms with Crippen molar-refractivity contribution in [2.24, 2.45) is 4.99 Å². The number of hydrogen-bond donors (Lipinski definition) is 2. The van der Waals surface area contributed by atoms with E-state index in [0.29, 0.717) is 19.2 Å². The maximum atomic E-state index is 5.73. The van der Waals surface area contributed by atoms with E-state index >= 15 is 0 Å². The normalized spacial score (nSPS) is 14.7. The first-order valence-corrected chi connectivity index (χ1v) is 9.75. The number of benzene rings is 1. The van der Waals surface area contributed by atoms with Crippen molar-refractivity contribution in [3.8, 4) is 5.75 Å². The highest BCUT2D eigenvalue weighted by Gasteiger charge is 2.20. The van der Waals surface area contributed by atoms with Gasteiger partial charge in [-0.1, -0.05) is 36.9 Å². The molecule has 2 heterocycles. The van der Waals surface area contributed by atoms with E-state index in [9.17, 15) is 0 Å². The first kappa shape index (κ1) is 23.0. The first-order valence-electron chi connectivity index (χ1n) is 9.75. The number of nitrogens with one attached hydrogen (secondary N) is 2. The Kier molecular flexibility index (Phi) is 9.76. The summed E-state index contributed by atoms with van der Waals surface area (Å²) < 4.78 is 5.73. The molecule has 2 aromatic rings. The van der Waals surface area contributed by atoms with Crippen molar-refractivity contribution >= 4 is 35.8 Å². The van der Waals surface area contributed by atoms with Crippen LogP contribution < -0.4 is 20.3 Å². The number of rotatable bonds is 7. The molecule has 0 unspecified atom stereocenters. The van der Waals surface area contributed by atoms with Crippen LogP contribution >= 0.6 is 24.0 Å². The van der Waals surface area contributed by atoms with Crippen molar-refractivity contribution in [1.82, 2.24) is 15.6 Å². The van der Waals surface area contributed by atoms with Crippen LogP contribution in [0.5, 0.6) is 5.75 Å². The predicted molar refractivity (Wildman–Crippen MR) is 130 cm³/mol. The number of anilines is 1. The summed E-state index contributed by atoms with van der Waals surface area (Å²) in [7, 11) is 1.80. The minimum atomic E-state index is 0. The van der Waals surface area contributed by atoms with Crippen LogP contribution in [-0.2, 0) is 6.54 Å². The van der Waals surface area contributed by atoms with Gasteiger partial charge >= 0.3 is 0 Å². The summed E-state index contributed by atoms with van der Waals surface area (Å²) in [6.45, 7) is 6.84. The third kappa shape index (κ3) is 6.92. The molecule has 29 heavy (non-hydrogen) atoms. The van der Waals surface area contributed by atoms with Gasteiger partial charge in [-0.2, -0.15) is 0 Å². The second kappa shape index (κ2) is 12.3. The SMILES string of the molecule is C=CCOc1ccccc1CNC(=NC)NC1CCN(c2ccccn2)CC1.I. The lowest BCUT2D eigenvalue weighted by Crippen LogP contribution is -2.48. The van der Waals surface area contributed by atoms with Crippen molar-refractivity contribution in [2.75, 3.05) is 31.6 Å². The van der Waals surface area contributed by atoms with Crippen molar-refractivity contribution in [3.05, 3.63) is 66.9 Å².